The quantitative estimate of drug-likeness (QED) is 0.924. The Morgan fingerprint density at radius 1 is 1.50 bits per heavy atom. The lowest BCUT2D eigenvalue weighted by molar-refractivity contribution is 0.174. The summed E-state index contributed by atoms with van der Waals surface area (Å²) in [5.74, 6) is -0.0585. The highest BCUT2D eigenvalue weighted by Gasteiger charge is 2.15. The van der Waals surface area contributed by atoms with Crippen LogP contribution in [0.1, 0.15) is 18.1 Å². The fourth-order valence-electron chi connectivity index (χ4n) is 1.26. The van der Waals surface area contributed by atoms with Gasteiger partial charge in [-0.1, -0.05) is 23.7 Å². The van der Waals surface area contributed by atoms with Gasteiger partial charge < -0.3 is 5.11 Å². The molecule has 0 amide bonds. The van der Waals surface area contributed by atoms with Crippen LogP contribution in [0.5, 0.6) is 0 Å². The summed E-state index contributed by atoms with van der Waals surface area (Å²) in [5, 5.41) is 10.2. The van der Waals surface area contributed by atoms with E-state index in [-0.39, 0.29) is 12.2 Å². The second-order valence-corrected chi connectivity index (χ2v) is 7.07. The number of rotatable bonds is 4. The van der Waals surface area contributed by atoms with Crippen molar-refractivity contribution in [3.8, 4) is 0 Å². The minimum absolute atomic E-state index is 0.0585. The van der Waals surface area contributed by atoms with Crippen LogP contribution in [-0.4, -0.2) is 25.5 Å². The average Bonchev–Trinajstić information content (AvgIpc) is 2.17. The number of sulfone groups is 1. The van der Waals surface area contributed by atoms with Gasteiger partial charge in [-0.2, -0.15) is 0 Å². The van der Waals surface area contributed by atoms with Gasteiger partial charge in [-0.25, -0.2) is 8.42 Å². The van der Waals surface area contributed by atoms with Gasteiger partial charge >= 0.3 is 0 Å². The van der Waals surface area contributed by atoms with Gasteiger partial charge in [0, 0.05) is 16.3 Å². The SMILES string of the molecule is CS(=O)(=O)CCC(O)c1cccc(Br)c1Cl. The molecule has 1 N–H and O–H groups in total. The third kappa shape index (κ3) is 4.05. The van der Waals surface area contributed by atoms with Gasteiger partial charge in [0.15, 0.2) is 0 Å². The van der Waals surface area contributed by atoms with E-state index >= 15 is 0 Å². The molecule has 1 atom stereocenters. The van der Waals surface area contributed by atoms with Gasteiger partial charge in [-0.15, -0.1) is 0 Å². The molecule has 0 aliphatic heterocycles. The monoisotopic (exact) mass is 326 g/mol. The van der Waals surface area contributed by atoms with Crippen molar-refractivity contribution in [3.63, 3.8) is 0 Å². The van der Waals surface area contributed by atoms with Crippen LogP contribution in [0, 0.1) is 0 Å². The Morgan fingerprint density at radius 2 is 2.12 bits per heavy atom. The molecule has 0 spiro atoms. The molecule has 0 aromatic heterocycles. The second-order valence-electron chi connectivity index (χ2n) is 3.58. The maximum Gasteiger partial charge on any atom is 0.147 e. The molecule has 0 saturated carbocycles. The summed E-state index contributed by atoms with van der Waals surface area (Å²) >= 11 is 9.23. The van der Waals surface area contributed by atoms with Crippen LogP contribution < -0.4 is 0 Å². The summed E-state index contributed by atoms with van der Waals surface area (Å²) in [7, 11) is -3.06. The lowest BCUT2D eigenvalue weighted by Crippen LogP contribution is -2.08. The predicted molar refractivity (Wildman–Crippen MR) is 68.4 cm³/mol. The van der Waals surface area contributed by atoms with E-state index in [0.29, 0.717) is 15.1 Å². The summed E-state index contributed by atoms with van der Waals surface area (Å²) in [6.45, 7) is 0. The van der Waals surface area contributed by atoms with Crippen LogP contribution >= 0.6 is 27.5 Å². The summed E-state index contributed by atoms with van der Waals surface area (Å²) in [6, 6.07) is 5.18. The average molecular weight is 328 g/mol. The Labute approximate surface area is 108 Å². The van der Waals surface area contributed by atoms with E-state index in [1.165, 1.54) is 0 Å². The number of hydrogen-bond acceptors (Lipinski definition) is 3. The number of halogens is 2. The molecule has 0 aliphatic carbocycles. The summed E-state index contributed by atoms with van der Waals surface area (Å²) in [6.07, 6.45) is 0.428. The van der Waals surface area contributed by atoms with Crippen LogP contribution in [0.15, 0.2) is 22.7 Å². The minimum Gasteiger partial charge on any atom is -0.388 e. The van der Waals surface area contributed by atoms with Crippen molar-refractivity contribution in [1.82, 2.24) is 0 Å². The highest BCUT2D eigenvalue weighted by Crippen LogP contribution is 2.31. The zero-order valence-electron chi connectivity index (χ0n) is 8.65. The molecule has 1 aromatic carbocycles. The first-order chi connectivity index (χ1) is 7.31. The maximum absolute atomic E-state index is 11.0. The van der Waals surface area contributed by atoms with E-state index in [1.54, 1.807) is 18.2 Å². The van der Waals surface area contributed by atoms with Gasteiger partial charge in [-0.05, 0) is 28.4 Å². The molecule has 0 heterocycles. The van der Waals surface area contributed by atoms with E-state index in [4.69, 9.17) is 11.6 Å². The van der Waals surface area contributed by atoms with Crippen molar-refractivity contribution in [2.75, 3.05) is 12.0 Å². The Kier molecular flexibility index (Phi) is 4.79. The van der Waals surface area contributed by atoms with Crippen molar-refractivity contribution in [1.29, 1.82) is 0 Å². The van der Waals surface area contributed by atoms with Gasteiger partial charge in [-0.3, -0.25) is 0 Å². The minimum atomic E-state index is -3.06. The first-order valence-corrected chi connectivity index (χ1v) is 7.84. The maximum atomic E-state index is 11.0. The van der Waals surface area contributed by atoms with E-state index < -0.39 is 15.9 Å². The molecular weight excluding hydrogens is 316 g/mol. The first-order valence-electron chi connectivity index (χ1n) is 4.61. The van der Waals surface area contributed by atoms with Crippen molar-refractivity contribution in [2.45, 2.75) is 12.5 Å². The lowest BCUT2D eigenvalue weighted by Gasteiger charge is -2.12. The van der Waals surface area contributed by atoms with E-state index in [1.807, 2.05) is 0 Å². The molecule has 1 unspecified atom stereocenters. The number of benzene rings is 1. The Balaban J connectivity index is 2.81. The Bertz CT molecular complexity index is 473. The van der Waals surface area contributed by atoms with Crippen LogP contribution in [-0.2, 0) is 9.84 Å². The summed E-state index contributed by atoms with van der Waals surface area (Å²) in [5.41, 5.74) is 0.541. The third-order valence-electron chi connectivity index (χ3n) is 2.10. The molecule has 0 bridgehead atoms. The number of aliphatic hydroxyl groups excluding tert-OH is 1. The summed E-state index contributed by atoms with van der Waals surface area (Å²) < 4.78 is 22.6. The molecule has 16 heavy (non-hydrogen) atoms. The topological polar surface area (TPSA) is 54.4 Å². The molecule has 0 aliphatic rings. The Hall–Kier alpha value is -0.100. The van der Waals surface area contributed by atoms with Gasteiger partial charge in [0.1, 0.15) is 9.84 Å². The molecule has 1 rings (SSSR count). The van der Waals surface area contributed by atoms with Crippen LogP contribution in [0.4, 0.5) is 0 Å². The molecule has 6 heteroatoms. The normalized spacial score (nSPS) is 13.8. The lowest BCUT2D eigenvalue weighted by atomic mass is 10.1. The fraction of sp³-hybridized carbons (Fsp3) is 0.400. The smallest absolute Gasteiger partial charge is 0.147 e. The second kappa shape index (κ2) is 5.49. The van der Waals surface area contributed by atoms with Gasteiger partial charge in [0.25, 0.3) is 0 Å². The largest absolute Gasteiger partial charge is 0.388 e. The number of hydrogen-bond donors (Lipinski definition) is 1. The fourth-order valence-corrected chi connectivity index (χ4v) is 2.54. The van der Waals surface area contributed by atoms with Crippen molar-refractivity contribution in [3.05, 3.63) is 33.3 Å². The van der Waals surface area contributed by atoms with E-state index in [2.05, 4.69) is 15.9 Å². The van der Waals surface area contributed by atoms with Gasteiger partial charge in [0.05, 0.1) is 16.9 Å². The highest BCUT2D eigenvalue weighted by atomic mass is 79.9. The van der Waals surface area contributed by atoms with Crippen molar-refractivity contribution in [2.24, 2.45) is 0 Å². The van der Waals surface area contributed by atoms with Crippen LogP contribution in [0.2, 0.25) is 5.02 Å². The molecule has 1 aromatic rings. The van der Waals surface area contributed by atoms with Crippen molar-refractivity contribution >= 4 is 37.4 Å². The third-order valence-corrected chi connectivity index (χ3v) is 4.39. The molecular formula is C10H12BrClO3S. The van der Waals surface area contributed by atoms with E-state index in [9.17, 15) is 13.5 Å². The molecule has 90 valence electrons. The number of aliphatic hydroxyl groups is 1. The molecule has 0 fully saturated rings. The van der Waals surface area contributed by atoms with Crippen LogP contribution in [0.3, 0.4) is 0 Å². The predicted octanol–water partition coefficient (Wildman–Crippen LogP) is 2.57. The van der Waals surface area contributed by atoms with Crippen LogP contribution in [0.25, 0.3) is 0 Å². The molecule has 3 nitrogen and oxygen atoms in total. The standard InChI is InChI=1S/C10H12BrClO3S/c1-16(14,15)6-5-9(13)7-3-2-4-8(11)10(7)12/h2-4,9,13H,5-6H2,1H3. The van der Waals surface area contributed by atoms with Gasteiger partial charge in [0.2, 0.25) is 0 Å². The first kappa shape index (κ1) is 14.0. The van der Waals surface area contributed by atoms with Crippen molar-refractivity contribution < 1.29 is 13.5 Å². The molecule has 0 radical (unpaired) electrons. The highest BCUT2D eigenvalue weighted by molar-refractivity contribution is 9.10. The summed E-state index contributed by atoms with van der Waals surface area (Å²) in [4.78, 5) is 0. The zero-order chi connectivity index (χ0) is 12.3. The Morgan fingerprint density at radius 3 is 2.69 bits per heavy atom. The molecule has 0 saturated heterocycles. The zero-order valence-corrected chi connectivity index (χ0v) is 11.8. The van der Waals surface area contributed by atoms with E-state index in [0.717, 1.165) is 6.26 Å².